The van der Waals surface area contributed by atoms with Gasteiger partial charge in [-0.3, -0.25) is 9.48 Å². The molecule has 1 amide bonds. The Hall–Kier alpha value is -3.03. The Kier molecular flexibility index (Phi) is 6.36. The number of aromatic nitrogens is 3. The summed E-state index contributed by atoms with van der Waals surface area (Å²) >= 11 is 0.642. The van der Waals surface area contributed by atoms with Crippen molar-refractivity contribution in [2.75, 3.05) is 17.7 Å². The van der Waals surface area contributed by atoms with Crippen LogP contribution in [-0.4, -0.2) is 39.5 Å². The quantitative estimate of drug-likeness (QED) is 0.386. The molecule has 1 saturated heterocycles. The minimum Gasteiger partial charge on any atom is -0.389 e. The molecule has 3 heterocycles. The average Bonchev–Trinajstić information content (AvgIpc) is 3.28. The van der Waals surface area contributed by atoms with E-state index in [-0.39, 0.29) is 28.0 Å². The molecule has 0 saturated carbocycles. The standard InChI is InChI=1S/C20H20F4N6O2S/c1-30-17(13-5-4-11(25)10(23)7-32-13)12(6-27-30)28-19(31)16-18(26)33-20(29-16)14-8(21)2-3-9(22)15(14)24/h2-3,6,10-11,13H,4-5,7,25-26H2,1H3,(H,28,31)/t10-,11+,13-/m0/s1. The van der Waals surface area contributed by atoms with Crippen LogP contribution in [0.2, 0.25) is 0 Å². The average molecular weight is 484 g/mol. The van der Waals surface area contributed by atoms with E-state index in [1.165, 1.54) is 10.9 Å². The van der Waals surface area contributed by atoms with Gasteiger partial charge in [0.25, 0.3) is 5.91 Å². The van der Waals surface area contributed by atoms with Crippen LogP contribution in [0.3, 0.4) is 0 Å². The van der Waals surface area contributed by atoms with Gasteiger partial charge in [-0.15, -0.1) is 0 Å². The maximum atomic E-state index is 14.1. The minimum atomic E-state index is -1.43. The van der Waals surface area contributed by atoms with E-state index < -0.39 is 47.2 Å². The molecule has 176 valence electrons. The fraction of sp³-hybridized carbons (Fsp3) is 0.350. The third-order valence-electron chi connectivity index (χ3n) is 5.35. The Morgan fingerprint density at radius 2 is 2.00 bits per heavy atom. The number of hydrogen-bond acceptors (Lipinski definition) is 7. The van der Waals surface area contributed by atoms with Gasteiger partial charge < -0.3 is 21.5 Å². The summed E-state index contributed by atoms with van der Waals surface area (Å²) in [6.07, 6.45) is 0.281. The molecule has 4 rings (SSSR count). The predicted molar refractivity (Wildman–Crippen MR) is 114 cm³/mol. The highest BCUT2D eigenvalue weighted by Gasteiger charge is 2.30. The second kappa shape index (κ2) is 9.08. The third-order valence-corrected chi connectivity index (χ3v) is 6.25. The zero-order valence-corrected chi connectivity index (χ0v) is 18.1. The Bertz CT molecular complexity index is 1190. The molecule has 0 aliphatic carbocycles. The Morgan fingerprint density at radius 1 is 1.27 bits per heavy atom. The largest absolute Gasteiger partial charge is 0.389 e. The Balaban J connectivity index is 1.60. The fourth-order valence-corrected chi connectivity index (χ4v) is 4.46. The fourth-order valence-electron chi connectivity index (χ4n) is 3.59. The number of nitrogens with two attached hydrogens (primary N) is 2. The smallest absolute Gasteiger partial charge is 0.277 e. The molecule has 0 radical (unpaired) electrons. The van der Waals surface area contributed by atoms with Crippen LogP contribution in [0.25, 0.3) is 10.6 Å². The molecule has 1 aromatic carbocycles. The summed E-state index contributed by atoms with van der Waals surface area (Å²) in [5.41, 5.74) is 11.4. The first-order valence-corrected chi connectivity index (χ1v) is 10.7. The normalized spacial score (nSPS) is 21.1. The zero-order chi connectivity index (χ0) is 23.9. The number of carbonyl (C=O) groups is 1. The maximum absolute atomic E-state index is 14.1. The lowest BCUT2D eigenvalue weighted by Crippen LogP contribution is -2.32. The number of nitrogens with one attached hydrogen (secondary N) is 1. The van der Waals surface area contributed by atoms with Crippen molar-refractivity contribution in [2.45, 2.75) is 31.2 Å². The van der Waals surface area contributed by atoms with E-state index in [4.69, 9.17) is 16.2 Å². The SMILES string of the molecule is Cn1ncc(NC(=O)c2nc(-c3c(F)ccc(F)c3F)sc2N)c1[C@@H]1CC[C@@H](N)[C@@H](F)CO1. The number of anilines is 2. The molecule has 1 aliphatic heterocycles. The zero-order valence-electron chi connectivity index (χ0n) is 17.3. The molecule has 33 heavy (non-hydrogen) atoms. The summed E-state index contributed by atoms with van der Waals surface area (Å²) in [4.78, 5) is 16.8. The van der Waals surface area contributed by atoms with Crippen molar-refractivity contribution < 1.29 is 27.1 Å². The molecule has 8 nitrogen and oxygen atoms in total. The van der Waals surface area contributed by atoms with Gasteiger partial charge in [-0.05, 0) is 25.0 Å². The van der Waals surface area contributed by atoms with Crippen LogP contribution in [0.1, 0.15) is 35.1 Å². The van der Waals surface area contributed by atoms with Crippen LogP contribution in [0.4, 0.5) is 28.3 Å². The maximum Gasteiger partial charge on any atom is 0.277 e. The van der Waals surface area contributed by atoms with Crippen LogP contribution in [0.15, 0.2) is 18.3 Å². The van der Waals surface area contributed by atoms with Gasteiger partial charge in [0.1, 0.15) is 28.1 Å². The number of carbonyl (C=O) groups excluding carboxylic acids is 1. The van der Waals surface area contributed by atoms with Gasteiger partial charge in [-0.2, -0.15) is 5.10 Å². The number of ether oxygens (including phenoxy) is 1. The summed E-state index contributed by atoms with van der Waals surface area (Å²) in [5, 5.41) is 6.33. The van der Waals surface area contributed by atoms with Crippen molar-refractivity contribution in [2.24, 2.45) is 12.8 Å². The molecular formula is C20H20F4N6O2S. The summed E-state index contributed by atoms with van der Waals surface area (Å²) in [5.74, 6) is -4.50. The van der Waals surface area contributed by atoms with Crippen molar-refractivity contribution in [3.63, 3.8) is 0 Å². The monoisotopic (exact) mass is 484 g/mol. The van der Waals surface area contributed by atoms with E-state index in [0.29, 0.717) is 35.9 Å². The number of alkyl halides is 1. The van der Waals surface area contributed by atoms with Gasteiger partial charge in [0, 0.05) is 13.1 Å². The number of nitrogen functional groups attached to an aromatic ring is 1. The van der Waals surface area contributed by atoms with Crippen LogP contribution in [0, 0.1) is 17.5 Å². The van der Waals surface area contributed by atoms with Gasteiger partial charge >= 0.3 is 0 Å². The van der Waals surface area contributed by atoms with Crippen LogP contribution in [-0.2, 0) is 11.8 Å². The molecule has 5 N–H and O–H groups in total. The molecular weight excluding hydrogens is 464 g/mol. The van der Waals surface area contributed by atoms with Crippen LogP contribution in [0.5, 0.6) is 0 Å². The van der Waals surface area contributed by atoms with Crippen LogP contribution < -0.4 is 16.8 Å². The Labute approximate surface area is 189 Å². The highest BCUT2D eigenvalue weighted by Crippen LogP contribution is 2.36. The molecule has 0 spiro atoms. The molecule has 1 fully saturated rings. The van der Waals surface area contributed by atoms with Crippen molar-refractivity contribution in [3.05, 3.63) is 47.2 Å². The van der Waals surface area contributed by atoms with Gasteiger partial charge in [0.15, 0.2) is 17.3 Å². The number of aryl methyl sites for hydroxylation is 1. The van der Waals surface area contributed by atoms with E-state index in [2.05, 4.69) is 15.4 Å². The van der Waals surface area contributed by atoms with E-state index in [1.807, 2.05) is 0 Å². The molecule has 1 aliphatic rings. The molecule has 0 bridgehead atoms. The topological polar surface area (TPSA) is 121 Å². The van der Waals surface area contributed by atoms with Crippen molar-refractivity contribution >= 4 is 27.9 Å². The van der Waals surface area contributed by atoms with Gasteiger partial charge in [-0.25, -0.2) is 22.5 Å². The molecule has 3 atom stereocenters. The number of benzene rings is 1. The molecule has 2 aromatic heterocycles. The van der Waals surface area contributed by atoms with Gasteiger partial charge in [-0.1, -0.05) is 11.3 Å². The first-order valence-electron chi connectivity index (χ1n) is 9.92. The molecule has 13 heteroatoms. The second-order valence-electron chi connectivity index (χ2n) is 7.55. The first kappa shape index (κ1) is 23.1. The number of amides is 1. The summed E-state index contributed by atoms with van der Waals surface area (Å²) in [7, 11) is 1.64. The lowest BCUT2D eigenvalue weighted by Gasteiger charge is -2.17. The first-order chi connectivity index (χ1) is 15.7. The lowest BCUT2D eigenvalue weighted by molar-refractivity contribution is 0.0247. The van der Waals surface area contributed by atoms with E-state index in [9.17, 15) is 22.4 Å². The lowest BCUT2D eigenvalue weighted by atomic mass is 10.0. The number of rotatable bonds is 4. The summed E-state index contributed by atoms with van der Waals surface area (Å²) in [6.45, 7) is -0.197. The third kappa shape index (κ3) is 4.43. The van der Waals surface area contributed by atoms with E-state index in [0.717, 1.165) is 6.07 Å². The van der Waals surface area contributed by atoms with E-state index >= 15 is 0 Å². The van der Waals surface area contributed by atoms with E-state index in [1.54, 1.807) is 7.05 Å². The highest BCUT2D eigenvalue weighted by atomic mass is 32.1. The van der Waals surface area contributed by atoms with Crippen molar-refractivity contribution in [3.8, 4) is 10.6 Å². The van der Waals surface area contributed by atoms with Gasteiger partial charge in [0.2, 0.25) is 0 Å². The second-order valence-corrected chi connectivity index (χ2v) is 8.58. The number of thiazole rings is 1. The number of hydrogen-bond donors (Lipinski definition) is 3. The summed E-state index contributed by atoms with van der Waals surface area (Å²) < 4.78 is 62.9. The summed E-state index contributed by atoms with van der Waals surface area (Å²) in [6, 6.07) is 0.752. The predicted octanol–water partition coefficient (Wildman–Crippen LogP) is 3.31. The number of halogens is 4. The van der Waals surface area contributed by atoms with Gasteiger partial charge in [0.05, 0.1) is 29.7 Å². The minimum absolute atomic E-state index is 0.118. The Morgan fingerprint density at radius 3 is 2.76 bits per heavy atom. The van der Waals surface area contributed by atoms with Crippen molar-refractivity contribution in [1.29, 1.82) is 0 Å². The number of nitrogens with zero attached hydrogens (tertiary/aromatic N) is 3. The van der Waals surface area contributed by atoms with Crippen LogP contribution >= 0.6 is 11.3 Å². The highest BCUT2D eigenvalue weighted by molar-refractivity contribution is 7.19. The van der Waals surface area contributed by atoms with Crippen molar-refractivity contribution in [1.82, 2.24) is 14.8 Å². The molecule has 0 unspecified atom stereocenters. The molecule has 3 aromatic rings.